The number of halogens is 1. The van der Waals surface area contributed by atoms with Crippen LogP contribution in [0.15, 0.2) is 24.3 Å². The van der Waals surface area contributed by atoms with Crippen LogP contribution in [0.4, 0.5) is 0 Å². The Bertz CT molecular complexity index is 238. The fourth-order valence-corrected chi connectivity index (χ4v) is 0.964. The van der Waals surface area contributed by atoms with Crippen LogP contribution in [0.3, 0.4) is 0 Å². The molecule has 1 rings (SSSR count). The zero-order chi connectivity index (χ0) is 8.81. The monoisotopic (exact) mass is 186 g/mol. The van der Waals surface area contributed by atoms with Crippen LogP contribution < -0.4 is 9.47 Å². The van der Waals surface area contributed by atoms with E-state index in [-0.39, 0.29) is 0 Å². The van der Waals surface area contributed by atoms with Gasteiger partial charge in [-0.1, -0.05) is 12.1 Å². The summed E-state index contributed by atoms with van der Waals surface area (Å²) in [5.74, 6) is 1.96. The largest absolute Gasteiger partial charge is 0.493 e. The molecule has 0 spiro atoms. The lowest BCUT2D eigenvalue weighted by Gasteiger charge is -2.08. The lowest BCUT2D eigenvalue weighted by Crippen LogP contribution is -1.99. The van der Waals surface area contributed by atoms with E-state index in [1.807, 2.05) is 24.3 Å². The van der Waals surface area contributed by atoms with Gasteiger partial charge in [-0.15, -0.1) is 11.6 Å². The molecule has 0 heterocycles. The maximum atomic E-state index is 5.48. The van der Waals surface area contributed by atoms with Crippen molar-refractivity contribution in [1.82, 2.24) is 0 Å². The molecule has 0 fully saturated rings. The molecule has 0 saturated heterocycles. The number of methoxy groups -OCH3 is 1. The molecule has 0 amide bonds. The molecule has 12 heavy (non-hydrogen) atoms. The van der Waals surface area contributed by atoms with E-state index in [9.17, 15) is 0 Å². The Labute approximate surface area is 77.1 Å². The van der Waals surface area contributed by atoms with Crippen LogP contribution in [-0.4, -0.2) is 19.6 Å². The molecule has 0 N–H and O–H groups in total. The summed E-state index contributed by atoms with van der Waals surface area (Å²) in [5.41, 5.74) is 0. The molecule has 0 radical (unpaired) electrons. The van der Waals surface area contributed by atoms with Crippen molar-refractivity contribution in [2.45, 2.75) is 0 Å². The maximum absolute atomic E-state index is 5.48. The molecule has 0 aliphatic rings. The minimum atomic E-state index is 0.484. The number of benzene rings is 1. The van der Waals surface area contributed by atoms with Crippen LogP contribution in [-0.2, 0) is 0 Å². The van der Waals surface area contributed by atoms with Crippen LogP contribution in [0.25, 0.3) is 0 Å². The van der Waals surface area contributed by atoms with Crippen LogP contribution in [0.1, 0.15) is 0 Å². The molecule has 0 unspecified atom stereocenters. The number of rotatable bonds is 4. The number of hydrogen-bond donors (Lipinski definition) is 0. The van der Waals surface area contributed by atoms with Crippen molar-refractivity contribution in [1.29, 1.82) is 0 Å². The first kappa shape index (κ1) is 9.20. The highest BCUT2D eigenvalue weighted by Gasteiger charge is 2.00. The van der Waals surface area contributed by atoms with E-state index in [0.29, 0.717) is 12.5 Å². The summed E-state index contributed by atoms with van der Waals surface area (Å²) in [6.07, 6.45) is 0. The van der Waals surface area contributed by atoms with Crippen molar-refractivity contribution >= 4 is 11.6 Å². The van der Waals surface area contributed by atoms with Crippen molar-refractivity contribution in [3.8, 4) is 11.5 Å². The molecule has 0 aliphatic carbocycles. The van der Waals surface area contributed by atoms with Gasteiger partial charge in [0, 0.05) is 0 Å². The quantitative estimate of drug-likeness (QED) is 0.672. The van der Waals surface area contributed by atoms with E-state index < -0.39 is 0 Å². The van der Waals surface area contributed by atoms with Gasteiger partial charge in [-0.3, -0.25) is 0 Å². The summed E-state index contributed by atoms with van der Waals surface area (Å²) in [5, 5.41) is 0. The molecule has 1 aromatic carbocycles. The average Bonchev–Trinajstić information content (AvgIpc) is 2.15. The van der Waals surface area contributed by atoms with E-state index in [0.717, 1.165) is 11.5 Å². The Morgan fingerprint density at radius 2 is 1.92 bits per heavy atom. The van der Waals surface area contributed by atoms with E-state index in [1.54, 1.807) is 7.11 Å². The third-order valence-electron chi connectivity index (χ3n) is 1.40. The van der Waals surface area contributed by atoms with E-state index in [1.165, 1.54) is 0 Å². The third-order valence-corrected chi connectivity index (χ3v) is 1.56. The number of para-hydroxylation sites is 2. The number of ether oxygens (including phenoxy) is 2. The molecule has 0 saturated carbocycles. The predicted octanol–water partition coefficient (Wildman–Crippen LogP) is 2.31. The van der Waals surface area contributed by atoms with Crippen molar-refractivity contribution in [3.63, 3.8) is 0 Å². The Morgan fingerprint density at radius 3 is 2.50 bits per heavy atom. The van der Waals surface area contributed by atoms with Gasteiger partial charge in [0.05, 0.1) is 13.0 Å². The van der Waals surface area contributed by atoms with Gasteiger partial charge in [0.1, 0.15) is 6.61 Å². The highest BCUT2D eigenvalue weighted by molar-refractivity contribution is 6.18. The van der Waals surface area contributed by atoms with Crippen molar-refractivity contribution in [3.05, 3.63) is 24.3 Å². The molecule has 1 aromatic rings. The van der Waals surface area contributed by atoms with Crippen LogP contribution in [0.2, 0.25) is 0 Å². The molecule has 0 atom stereocenters. The standard InChI is InChI=1S/C9H11ClO2/c1-11-8-4-2-3-5-9(8)12-7-6-10/h2-5H,6-7H2,1H3. The first-order valence-electron chi connectivity index (χ1n) is 3.70. The van der Waals surface area contributed by atoms with E-state index >= 15 is 0 Å². The average molecular weight is 187 g/mol. The molecule has 2 nitrogen and oxygen atoms in total. The highest BCUT2D eigenvalue weighted by Crippen LogP contribution is 2.25. The van der Waals surface area contributed by atoms with Gasteiger partial charge < -0.3 is 9.47 Å². The summed E-state index contributed by atoms with van der Waals surface area (Å²) in [4.78, 5) is 0. The zero-order valence-corrected chi connectivity index (χ0v) is 7.67. The van der Waals surface area contributed by atoms with Gasteiger partial charge in [0.25, 0.3) is 0 Å². The maximum Gasteiger partial charge on any atom is 0.161 e. The number of alkyl halides is 1. The second kappa shape index (κ2) is 4.88. The lowest BCUT2D eigenvalue weighted by molar-refractivity contribution is 0.313. The van der Waals surface area contributed by atoms with Crippen molar-refractivity contribution in [2.24, 2.45) is 0 Å². The Hall–Kier alpha value is -0.890. The fraction of sp³-hybridized carbons (Fsp3) is 0.333. The van der Waals surface area contributed by atoms with Gasteiger partial charge in [0.2, 0.25) is 0 Å². The molecule has 3 heteroatoms. The molecule has 0 aliphatic heterocycles. The van der Waals surface area contributed by atoms with Gasteiger partial charge in [-0.05, 0) is 12.1 Å². The van der Waals surface area contributed by atoms with Gasteiger partial charge >= 0.3 is 0 Å². The first-order chi connectivity index (χ1) is 5.88. The summed E-state index contributed by atoms with van der Waals surface area (Å²) in [6.45, 7) is 0.502. The zero-order valence-electron chi connectivity index (χ0n) is 6.92. The Balaban J connectivity index is 2.68. The number of hydrogen-bond acceptors (Lipinski definition) is 2. The van der Waals surface area contributed by atoms with Crippen molar-refractivity contribution < 1.29 is 9.47 Å². The highest BCUT2D eigenvalue weighted by atomic mass is 35.5. The Morgan fingerprint density at radius 1 is 1.25 bits per heavy atom. The SMILES string of the molecule is COc1ccccc1OCCCl. The van der Waals surface area contributed by atoms with Gasteiger partial charge in [-0.2, -0.15) is 0 Å². The smallest absolute Gasteiger partial charge is 0.161 e. The van der Waals surface area contributed by atoms with Crippen LogP contribution in [0.5, 0.6) is 11.5 Å². The second-order valence-corrected chi connectivity index (χ2v) is 2.57. The van der Waals surface area contributed by atoms with Crippen LogP contribution in [0, 0.1) is 0 Å². The van der Waals surface area contributed by atoms with Gasteiger partial charge in [-0.25, -0.2) is 0 Å². The normalized spacial score (nSPS) is 9.50. The van der Waals surface area contributed by atoms with Crippen LogP contribution >= 0.6 is 11.6 Å². The van der Waals surface area contributed by atoms with Gasteiger partial charge in [0.15, 0.2) is 11.5 Å². The molecular weight excluding hydrogens is 176 g/mol. The molecule has 0 aromatic heterocycles. The second-order valence-electron chi connectivity index (χ2n) is 2.19. The minimum Gasteiger partial charge on any atom is -0.493 e. The summed E-state index contributed by atoms with van der Waals surface area (Å²) < 4.78 is 10.4. The minimum absolute atomic E-state index is 0.484. The summed E-state index contributed by atoms with van der Waals surface area (Å²) in [7, 11) is 1.61. The van der Waals surface area contributed by atoms with Crippen molar-refractivity contribution in [2.75, 3.05) is 19.6 Å². The van der Waals surface area contributed by atoms with E-state index in [4.69, 9.17) is 21.1 Å². The summed E-state index contributed by atoms with van der Waals surface area (Å²) >= 11 is 5.48. The Kier molecular flexibility index (Phi) is 3.74. The third kappa shape index (κ3) is 2.31. The summed E-state index contributed by atoms with van der Waals surface area (Å²) in [6, 6.07) is 7.49. The molecule has 66 valence electrons. The molecular formula is C9H11ClO2. The first-order valence-corrected chi connectivity index (χ1v) is 4.23. The molecule has 0 bridgehead atoms. The van der Waals surface area contributed by atoms with E-state index in [2.05, 4.69) is 0 Å². The lowest BCUT2D eigenvalue weighted by atomic mass is 10.3. The fourth-order valence-electron chi connectivity index (χ4n) is 0.887. The topological polar surface area (TPSA) is 18.5 Å². The predicted molar refractivity (Wildman–Crippen MR) is 49.2 cm³/mol.